The number of benzene rings is 1. The third kappa shape index (κ3) is 3.57. The lowest BCUT2D eigenvalue weighted by Crippen LogP contribution is -2.44. The summed E-state index contributed by atoms with van der Waals surface area (Å²) in [4.78, 5) is 14.2. The van der Waals surface area contributed by atoms with Crippen molar-refractivity contribution >= 4 is 5.91 Å². The highest BCUT2D eigenvalue weighted by Gasteiger charge is 2.21. The second kappa shape index (κ2) is 6.55. The summed E-state index contributed by atoms with van der Waals surface area (Å²) < 4.78 is 0. The number of carbonyl (C=O) groups excluding carboxylic acids is 1. The SMILES string of the molecule is CC1CNCCCN(CCc2ccccc2)C1=O. The van der Waals surface area contributed by atoms with Crippen LogP contribution in [0.3, 0.4) is 0 Å². The van der Waals surface area contributed by atoms with E-state index < -0.39 is 0 Å². The van der Waals surface area contributed by atoms with E-state index in [9.17, 15) is 4.79 Å². The third-order valence-corrected chi connectivity index (χ3v) is 3.48. The van der Waals surface area contributed by atoms with Gasteiger partial charge < -0.3 is 10.2 Å². The summed E-state index contributed by atoms with van der Waals surface area (Å²) in [7, 11) is 0. The monoisotopic (exact) mass is 246 g/mol. The first-order chi connectivity index (χ1) is 8.77. The summed E-state index contributed by atoms with van der Waals surface area (Å²) in [6.45, 7) is 5.55. The Balaban J connectivity index is 1.91. The van der Waals surface area contributed by atoms with Gasteiger partial charge in [0.1, 0.15) is 0 Å². The molecule has 1 aromatic carbocycles. The number of hydrogen-bond acceptors (Lipinski definition) is 2. The zero-order valence-corrected chi connectivity index (χ0v) is 11.1. The maximum Gasteiger partial charge on any atom is 0.226 e. The normalized spacial score (nSPS) is 21.5. The average molecular weight is 246 g/mol. The van der Waals surface area contributed by atoms with Gasteiger partial charge in [-0.2, -0.15) is 0 Å². The van der Waals surface area contributed by atoms with E-state index in [4.69, 9.17) is 0 Å². The van der Waals surface area contributed by atoms with Crippen LogP contribution in [0.4, 0.5) is 0 Å². The molecule has 1 aliphatic heterocycles. The van der Waals surface area contributed by atoms with Gasteiger partial charge in [0, 0.05) is 25.6 Å². The van der Waals surface area contributed by atoms with Crippen molar-refractivity contribution in [2.45, 2.75) is 19.8 Å². The van der Waals surface area contributed by atoms with Gasteiger partial charge in [-0.25, -0.2) is 0 Å². The second-order valence-electron chi connectivity index (χ2n) is 5.02. The fraction of sp³-hybridized carbons (Fsp3) is 0.533. The molecule has 98 valence electrons. The molecule has 1 fully saturated rings. The minimum atomic E-state index is 0.0982. The molecular weight excluding hydrogens is 224 g/mol. The van der Waals surface area contributed by atoms with Crippen LogP contribution in [0.2, 0.25) is 0 Å². The molecule has 18 heavy (non-hydrogen) atoms. The predicted octanol–water partition coefficient (Wildman–Crippen LogP) is 1.69. The van der Waals surface area contributed by atoms with Gasteiger partial charge in [0.15, 0.2) is 0 Å². The topological polar surface area (TPSA) is 32.3 Å². The first-order valence-corrected chi connectivity index (χ1v) is 6.81. The lowest BCUT2D eigenvalue weighted by Gasteiger charge is -2.28. The molecule has 1 heterocycles. The highest BCUT2D eigenvalue weighted by atomic mass is 16.2. The number of nitrogens with one attached hydrogen (secondary N) is 1. The van der Waals surface area contributed by atoms with Crippen LogP contribution in [0.15, 0.2) is 30.3 Å². The molecule has 0 aromatic heterocycles. The Labute approximate surface area is 109 Å². The Morgan fingerprint density at radius 2 is 2.11 bits per heavy atom. The Kier molecular flexibility index (Phi) is 4.76. The molecule has 1 saturated heterocycles. The van der Waals surface area contributed by atoms with Crippen LogP contribution in [0.25, 0.3) is 0 Å². The van der Waals surface area contributed by atoms with Crippen LogP contribution < -0.4 is 5.32 Å². The van der Waals surface area contributed by atoms with Crippen molar-refractivity contribution in [3.63, 3.8) is 0 Å². The van der Waals surface area contributed by atoms with Crippen molar-refractivity contribution in [3.05, 3.63) is 35.9 Å². The van der Waals surface area contributed by atoms with E-state index >= 15 is 0 Å². The molecule has 1 amide bonds. The third-order valence-electron chi connectivity index (χ3n) is 3.48. The lowest BCUT2D eigenvalue weighted by molar-refractivity contribution is -0.135. The number of carbonyl (C=O) groups is 1. The van der Waals surface area contributed by atoms with Crippen LogP contribution in [0, 0.1) is 5.92 Å². The quantitative estimate of drug-likeness (QED) is 0.880. The van der Waals surface area contributed by atoms with Crippen LogP contribution >= 0.6 is 0 Å². The largest absolute Gasteiger partial charge is 0.342 e. The summed E-state index contributed by atoms with van der Waals surface area (Å²) in [6.07, 6.45) is 2.00. The van der Waals surface area contributed by atoms with Gasteiger partial charge in [0.05, 0.1) is 0 Å². The molecule has 3 nitrogen and oxygen atoms in total. The Morgan fingerprint density at radius 3 is 2.89 bits per heavy atom. The maximum absolute atomic E-state index is 12.2. The van der Waals surface area contributed by atoms with Gasteiger partial charge >= 0.3 is 0 Å². The number of nitrogens with zero attached hydrogens (tertiary/aromatic N) is 1. The Hall–Kier alpha value is -1.35. The van der Waals surface area contributed by atoms with E-state index in [1.807, 2.05) is 17.9 Å². The molecule has 0 spiro atoms. The highest BCUT2D eigenvalue weighted by Crippen LogP contribution is 2.08. The van der Waals surface area contributed by atoms with Gasteiger partial charge in [-0.05, 0) is 24.9 Å². The fourth-order valence-electron chi connectivity index (χ4n) is 2.35. The van der Waals surface area contributed by atoms with Gasteiger partial charge in [0.25, 0.3) is 0 Å². The molecule has 1 unspecified atom stereocenters. The molecule has 0 radical (unpaired) electrons. The van der Waals surface area contributed by atoms with Crippen LogP contribution in [0.1, 0.15) is 18.9 Å². The molecular formula is C15H22N2O. The van der Waals surface area contributed by atoms with E-state index in [0.29, 0.717) is 0 Å². The van der Waals surface area contributed by atoms with Crippen molar-refractivity contribution in [2.24, 2.45) is 5.92 Å². The zero-order valence-electron chi connectivity index (χ0n) is 11.1. The Bertz CT molecular complexity index is 377. The molecule has 1 N–H and O–H groups in total. The summed E-state index contributed by atoms with van der Waals surface area (Å²) in [6, 6.07) is 10.4. The van der Waals surface area contributed by atoms with Gasteiger partial charge in [-0.15, -0.1) is 0 Å². The minimum absolute atomic E-state index is 0.0982. The lowest BCUT2D eigenvalue weighted by atomic mass is 10.1. The fourth-order valence-corrected chi connectivity index (χ4v) is 2.35. The summed E-state index contributed by atoms with van der Waals surface area (Å²) >= 11 is 0. The van der Waals surface area contributed by atoms with E-state index in [2.05, 4.69) is 29.6 Å². The highest BCUT2D eigenvalue weighted by molar-refractivity contribution is 5.78. The van der Waals surface area contributed by atoms with Crippen molar-refractivity contribution < 1.29 is 4.79 Å². The predicted molar refractivity (Wildman–Crippen MR) is 73.4 cm³/mol. The summed E-state index contributed by atoms with van der Waals surface area (Å²) in [5.41, 5.74) is 1.30. The van der Waals surface area contributed by atoms with Crippen molar-refractivity contribution in [1.29, 1.82) is 0 Å². The molecule has 2 rings (SSSR count). The molecule has 0 saturated carbocycles. The van der Waals surface area contributed by atoms with Crippen LogP contribution in [0.5, 0.6) is 0 Å². The van der Waals surface area contributed by atoms with Gasteiger partial charge in [-0.3, -0.25) is 4.79 Å². The summed E-state index contributed by atoms with van der Waals surface area (Å²) in [5, 5.41) is 3.31. The molecule has 3 heteroatoms. The van der Waals surface area contributed by atoms with Crippen LogP contribution in [-0.2, 0) is 11.2 Å². The molecule has 1 aromatic rings. The standard InChI is InChI=1S/C15H22N2O/c1-13-12-16-9-5-10-17(15(13)18)11-8-14-6-3-2-4-7-14/h2-4,6-7,13,16H,5,8-12H2,1H3. The van der Waals surface area contributed by atoms with E-state index in [1.165, 1.54) is 5.56 Å². The number of rotatable bonds is 3. The minimum Gasteiger partial charge on any atom is -0.342 e. The first kappa shape index (κ1) is 13.1. The second-order valence-corrected chi connectivity index (χ2v) is 5.02. The maximum atomic E-state index is 12.2. The van der Waals surface area contributed by atoms with Gasteiger partial charge in [-0.1, -0.05) is 37.3 Å². The van der Waals surface area contributed by atoms with Crippen molar-refractivity contribution in [3.8, 4) is 0 Å². The molecule has 0 bridgehead atoms. The van der Waals surface area contributed by atoms with E-state index in [-0.39, 0.29) is 11.8 Å². The van der Waals surface area contributed by atoms with Gasteiger partial charge in [0.2, 0.25) is 5.91 Å². The van der Waals surface area contributed by atoms with E-state index in [0.717, 1.165) is 39.0 Å². The first-order valence-electron chi connectivity index (χ1n) is 6.81. The van der Waals surface area contributed by atoms with Crippen LogP contribution in [-0.4, -0.2) is 37.0 Å². The number of hydrogen-bond donors (Lipinski definition) is 1. The molecule has 0 aliphatic carbocycles. The molecule has 1 aliphatic rings. The average Bonchev–Trinajstić information content (AvgIpc) is 2.40. The molecule has 1 atom stereocenters. The zero-order chi connectivity index (χ0) is 12.8. The van der Waals surface area contributed by atoms with Crippen molar-refractivity contribution in [2.75, 3.05) is 26.2 Å². The Morgan fingerprint density at radius 1 is 1.33 bits per heavy atom. The summed E-state index contributed by atoms with van der Waals surface area (Å²) in [5.74, 6) is 0.388. The van der Waals surface area contributed by atoms with E-state index in [1.54, 1.807) is 0 Å². The van der Waals surface area contributed by atoms with Crippen molar-refractivity contribution in [1.82, 2.24) is 10.2 Å². The smallest absolute Gasteiger partial charge is 0.226 e. The number of amides is 1.